The van der Waals surface area contributed by atoms with E-state index in [1.165, 1.54) is 36.4 Å². The first-order chi connectivity index (χ1) is 13.6. The van der Waals surface area contributed by atoms with E-state index in [2.05, 4.69) is 0 Å². The molecule has 1 fully saturated rings. The Bertz CT molecular complexity index is 854. The highest BCUT2D eigenvalue weighted by Gasteiger charge is 2.23. The number of ether oxygens (including phenoxy) is 3. The lowest BCUT2D eigenvalue weighted by Gasteiger charge is -2.28. The quantitative estimate of drug-likeness (QED) is 0.311. The van der Waals surface area contributed by atoms with Crippen LogP contribution in [-0.2, 0) is 9.47 Å². The Balaban J connectivity index is 1.60. The number of para-hydroxylation sites is 1. The molecular formula is C19H19FN2O6. The maximum absolute atomic E-state index is 13.4. The van der Waals surface area contributed by atoms with Crippen molar-refractivity contribution in [3.8, 4) is 5.75 Å². The van der Waals surface area contributed by atoms with Crippen LogP contribution in [0.5, 0.6) is 5.75 Å². The number of anilines is 1. The van der Waals surface area contributed by atoms with Gasteiger partial charge in [-0.25, -0.2) is 9.18 Å². The second-order valence-electron chi connectivity index (χ2n) is 5.97. The van der Waals surface area contributed by atoms with Crippen LogP contribution < -0.4 is 9.64 Å². The van der Waals surface area contributed by atoms with Crippen LogP contribution in [0, 0.1) is 15.9 Å². The average molecular weight is 390 g/mol. The summed E-state index contributed by atoms with van der Waals surface area (Å²) >= 11 is 0. The van der Waals surface area contributed by atoms with Gasteiger partial charge in [0.25, 0.3) is 5.69 Å². The Labute approximate surface area is 160 Å². The molecule has 0 radical (unpaired) electrons. The van der Waals surface area contributed by atoms with Crippen LogP contribution in [0.4, 0.5) is 15.8 Å². The summed E-state index contributed by atoms with van der Waals surface area (Å²) in [6.07, 6.45) is 0. The third-order valence-electron chi connectivity index (χ3n) is 4.17. The van der Waals surface area contributed by atoms with Crippen molar-refractivity contribution in [3.63, 3.8) is 0 Å². The SMILES string of the molecule is O=C(OCCOc1ccccc1F)c1ccc(N2CCOCC2)c([N+](=O)[O-])c1. The normalized spacial score (nSPS) is 13.8. The molecule has 1 aliphatic rings. The number of nitrogens with zero attached hydrogens (tertiary/aromatic N) is 2. The van der Waals surface area contributed by atoms with Gasteiger partial charge in [-0.15, -0.1) is 0 Å². The molecule has 1 saturated heterocycles. The third kappa shape index (κ3) is 4.74. The lowest BCUT2D eigenvalue weighted by Crippen LogP contribution is -2.36. The topological polar surface area (TPSA) is 91.1 Å². The molecule has 1 aliphatic heterocycles. The van der Waals surface area contributed by atoms with Crippen molar-refractivity contribution in [2.24, 2.45) is 0 Å². The predicted molar refractivity (Wildman–Crippen MR) is 98.3 cm³/mol. The van der Waals surface area contributed by atoms with Gasteiger partial charge in [0.2, 0.25) is 0 Å². The van der Waals surface area contributed by atoms with E-state index in [0.717, 1.165) is 0 Å². The van der Waals surface area contributed by atoms with Gasteiger partial charge in [0.05, 0.1) is 23.7 Å². The molecule has 0 aromatic heterocycles. The van der Waals surface area contributed by atoms with Crippen molar-refractivity contribution >= 4 is 17.3 Å². The van der Waals surface area contributed by atoms with Crippen molar-refractivity contribution in [1.29, 1.82) is 0 Å². The van der Waals surface area contributed by atoms with Crippen LogP contribution in [0.15, 0.2) is 42.5 Å². The minimum absolute atomic E-state index is 0.0410. The summed E-state index contributed by atoms with van der Waals surface area (Å²) in [7, 11) is 0. The Morgan fingerprint density at radius 3 is 2.64 bits per heavy atom. The monoisotopic (exact) mass is 390 g/mol. The maximum Gasteiger partial charge on any atom is 0.338 e. The number of hydrogen-bond acceptors (Lipinski definition) is 7. The molecule has 148 valence electrons. The summed E-state index contributed by atoms with van der Waals surface area (Å²) in [4.78, 5) is 24.9. The van der Waals surface area contributed by atoms with E-state index in [4.69, 9.17) is 14.2 Å². The number of morpholine rings is 1. The molecule has 1 heterocycles. The summed E-state index contributed by atoms with van der Waals surface area (Å²) in [5, 5.41) is 11.4. The van der Waals surface area contributed by atoms with Crippen LogP contribution in [0.1, 0.15) is 10.4 Å². The van der Waals surface area contributed by atoms with Crippen LogP contribution in [0.3, 0.4) is 0 Å². The van der Waals surface area contributed by atoms with Gasteiger partial charge in [0.1, 0.15) is 18.9 Å². The van der Waals surface area contributed by atoms with E-state index in [1.54, 1.807) is 6.07 Å². The molecule has 2 aromatic carbocycles. The molecule has 0 atom stereocenters. The fourth-order valence-electron chi connectivity index (χ4n) is 2.80. The van der Waals surface area contributed by atoms with E-state index in [0.29, 0.717) is 32.0 Å². The predicted octanol–water partition coefficient (Wildman–Crippen LogP) is 2.81. The number of carbonyl (C=O) groups is 1. The minimum atomic E-state index is -0.714. The number of esters is 1. The summed E-state index contributed by atoms with van der Waals surface area (Å²) in [6, 6.07) is 10.1. The van der Waals surface area contributed by atoms with Crippen molar-refractivity contribution in [2.45, 2.75) is 0 Å². The molecule has 0 bridgehead atoms. The molecule has 8 nitrogen and oxygen atoms in total. The molecule has 0 aliphatic carbocycles. The van der Waals surface area contributed by atoms with E-state index in [-0.39, 0.29) is 30.2 Å². The largest absolute Gasteiger partial charge is 0.487 e. The van der Waals surface area contributed by atoms with E-state index < -0.39 is 16.7 Å². The third-order valence-corrected chi connectivity index (χ3v) is 4.17. The summed E-state index contributed by atoms with van der Waals surface area (Å²) in [5.41, 5.74) is 0.335. The Hall–Kier alpha value is -3.20. The van der Waals surface area contributed by atoms with Crippen molar-refractivity contribution in [3.05, 3.63) is 64.0 Å². The van der Waals surface area contributed by atoms with Crippen molar-refractivity contribution < 1.29 is 28.3 Å². The molecule has 9 heteroatoms. The zero-order valence-electron chi connectivity index (χ0n) is 15.0. The fraction of sp³-hybridized carbons (Fsp3) is 0.316. The highest BCUT2D eigenvalue weighted by molar-refractivity contribution is 5.91. The number of halogens is 1. The number of nitro benzene ring substituents is 1. The van der Waals surface area contributed by atoms with Gasteiger partial charge in [-0.05, 0) is 24.3 Å². The van der Waals surface area contributed by atoms with Crippen LogP contribution in [0.25, 0.3) is 0 Å². The number of hydrogen-bond donors (Lipinski definition) is 0. The summed E-state index contributed by atoms with van der Waals surface area (Å²) in [6.45, 7) is 1.90. The second-order valence-corrected chi connectivity index (χ2v) is 5.97. The second kappa shape index (κ2) is 9.14. The highest BCUT2D eigenvalue weighted by atomic mass is 19.1. The van der Waals surface area contributed by atoms with Crippen LogP contribution in [-0.4, -0.2) is 50.4 Å². The molecule has 0 unspecified atom stereocenters. The standard InChI is InChI=1S/C19H19FN2O6/c20-15-3-1-2-4-18(15)27-11-12-28-19(23)14-5-6-16(17(13-14)22(24)25)21-7-9-26-10-8-21/h1-6,13H,7-12H2. The molecule has 0 saturated carbocycles. The number of nitro groups is 1. The molecule has 3 rings (SSSR count). The maximum atomic E-state index is 13.4. The molecule has 2 aromatic rings. The minimum Gasteiger partial charge on any atom is -0.487 e. The van der Waals surface area contributed by atoms with Gasteiger partial charge in [-0.2, -0.15) is 0 Å². The first-order valence-electron chi connectivity index (χ1n) is 8.72. The molecule has 0 spiro atoms. The van der Waals surface area contributed by atoms with E-state index in [9.17, 15) is 19.3 Å². The first kappa shape index (κ1) is 19.6. The number of carbonyl (C=O) groups excluding carboxylic acids is 1. The fourth-order valence-corrected chi connectivity index (χ4v) is 2.80. The molecule has 0 N–H and O–H groups in total. The first-order valence-corrected chi connectivity index (χ1v) is 8.72. The van der Waals surface area contributed by atoms with Gasteiger partial charge in [0.15, 0.2) is 11.6 Å². The lowest BCUT2D eigenvalue weighted by atomic mass is 10.1. The average Bonchev–Trinajstić information content (AvgIpc) is 2.72. The smallest absolute Gasteiger partial charge is 0.338 e. The Morgan fingerprint density at radius 2 is 1.93 bits per heavy atom. The van der Waals surface area contributed by atoms with Crippen molar-refractivity contribution in [1.82, 2.24) is 0 Å². The summed E-state index contributed by atoms with van der Waals surface area (Å²) < 4.78 is 29.0. The van der Waals surface area contributed by atoms with Crippen LogP contribution in [0.2, 0.25) is 0 Å². The van der Waals surface area contributed by atoms with Gasteiger partial charge in [-0.1, -0.05) is 12.1 Å². The van der Waals surface area contributed by atoms with Gasteiger partial charge >= 0.3 is 5.97 Å². The number of benzene rings is 2. The highest BCUT2D eigenvalue weighted by Crippen LogP contribution is 2.30. The molecule has 0 amide bonds. The molecular weight excluding hydrogens is 371 g/mol. The van der Waals surface area contributed by atoms with Crippen molar-refractivity contribution in [2.75, 3.05) is 44.4 Å². The van der Waals surface area contributed by atoms with Gasteiger partial charge in [0, 0.05) is 19.2 Å². The molecule has 28 heavy (non-hydrogen) atoms. The van der Waals surface area contributed by atoms with E-state index in [1.807, 2.05) is 4.90 Å². The van der Waals surface area contributed by atoms with E-state index >= 15 is 0 Å². The Kier molecular flexibility index (Phi) is 6.38. The zero-order valence-corrected chi connectivity index (χ0v) is 15.0. The Morgan fingerprint density at radius 1 is 1.18 bits per heavy atom. The lowest BCUT2D eigenvalue weighted by molar-refractivity contribution is -0.384. The van der Waals surface area contributed by atoms with Gasteiger partial charge in [-0.3, -0.25) is 10.1 Å². The van der Waals surface area contributed by atoms with Gasteiger partial charge < -0.3 is 19.1 Å². The summed E-state index contributed by atoms with van der Waals surface area (Å²) in [5.74, 6) is -1.17. The number of rotatable bonds is 7. The zero-order chi connectivity index (χ0) is 19.9. The van der Waals surface area contributed by atoms with Crippen LogP contribution >= 0.6 is 0 Å².